The number of fused-ring (bicyclic) bond motifs is 4. The number of hydrogen-bond acceptors (Lipinski definition) is 2. The monoisotopic (exact) mass is 600 g/mol. The molecule has 0 amide bonds. The van der Waals surface area contributed by atoms with Crippen LogP contribution in [-0.4, -0.2) is 9.55 Å². The third-order valence-electron chi connectivity index (χ3n) is 8.98. The molecule has 4 bridgehead atoms. The van der Waals surface area contributed by atoms with Crippen LogP contribution in [0.3, 0.4) is 0 Å². The third-order valence-corrected chi connectivity index (χ3v) is 8.98. The second-order valence-corrected chi connectivity index (χ2v) is 11.5. The maximum absolute atomic E-state index is 9.38. The lowest BCUT2D eigenvalue weighted by Gasteiger charge is -2.47. The van der Waals surface area contributed by atoms with Gasteiger partial charge < -0.3 is 4.42 Å². The Hall–Kier alpha value is -4.37. The zero-order chi connectivity index (χ0) is 50.8. The minimum atomic E-state index is -4.23. The van der Waals surface area contributed by atoms with E-state index in [1.165, 1.54) is 36.5 Å². The summed E-state index contributed by atoms with van der Waals surface area (Å²) in [6, 6.07) is 16.9. The van der Waals surface area contributed by atoms with Crippen LogP contribution in [0.5, 0.6) is 0 Å². The summed E-state index contributed by atoms with van der Waals surface area (Å²) >= 11 is 0. The van der Waals surface area contributed by atoms with Gasteiger partial charge in [-0.1, -0.05) is 128 Å². The van der Waals surface area contributed by atoms with Gasteiger partial charge in [-0.15, -0.1) is 0 Å². The van der Waals surface area contributed by atoms with Crippen LogP contribution in [0.2, 0.25) is 0 Å². The van der Waals surface area contributed by atoms with Gasteiger partial charge in [0.05, 0.1) is 17.2 Å². The average Bonchev–Trinajstić information content (AvgIpc) is 3.70. The number of benzene rings is 4. The number of hydrogen-bond donors (Lipinski definition) is 0. The standard InChI is InChI=1S/C41H40N2O/c1-38(2)25-17-19-26(20-18-25)39(3,4)41(7,8)31-22-21-30(40(38,5)6)36-28-14-9-11-15-32(28)43(37(31)36)35-23-29-27-13-10-12-16-33(27)44-34(29)24-42-35/h9-24H,1-8H3/i1D3,2D3,3D3,4D3,5D3,6D3,7D3,8D3. The predicted octanol–water partition coefficient (Wildman–Crippen LogP) is 10.9. The molecule has 0 atom stereocenters. The molecule has 0 unspecified atom stereocenters. The highest BCUT2D eigenvalue weighted by Gasteiger charge is 2.46. The van der Waals surface area contributed by atoms with Gasteiger partial charge >= 0.3 is 0 Å². The fraction of sp³-hybridized carbons (Fsp3) is 0.293. The molecule has 11 rings (SSSR count). The molecule has 3 nitrogen and oxygen atoms in total. The molecule has 44 heavy (non-hydrogen) atoms. The molecule has 0 radical (unpaired) electrons. The number of furan rings is 1. The summed E-state index contributed by atoms with van der Waals surface area (Å²) in [4.78, 5) is 4.59. The second-order valence-electron chi connectivity index (χ2n) is 11.5. The van der Waals surface area contributed by atoms with E-state index in [4.69, 9.17) is 12.6 Å². The van der Waals surface area contributed by atoms with Crippen molar-refractivity contribution in [2.24, 2.45) is 0 Å². The van der Waals surface area contributed by atoms with Gasteiger partial charge in [0.2, 0.25) is 0 Å². The first-order chi connectivity index (χ1) is 30.9. The first-order valence-corrected chi connectivity index (χ1v) is 13.8. The molecule has 0 saturated carbocycles. The molecule has 3 heterocycles. The lowest BCUT2D eigenvalue weighted by Crippen LogP contribution is -2.43. The van der Waals surface area contributed by atoms with Crippen LogP contribution < -0.4 is 0 Å². The van der Waals surface area contributed by atoms with E-state index in [1.54, 1.807) is 24.3 Å². The van der Waals surface area contributed by atoms with Crippen LogP contribution in [0.1, 0.15) is 110 Å². The Kier molecular flexibility index (Phi) is 2.32. The van der Waals surface area contributed by atoms with E-state index in [1.807, 2.05) is 0 Å². The summed E-state index contributed by atoms with van der Waals surface area (Å²) in [7, 11) is 0. The highest BCUT2D eigenvalue weighted by molar-refractivity contribution is 6.13. The van der Waals surface area contributed by atoms with Crippen molar-refractivity contribution in [2.75, 3.05) is 0 Å². The molecule has 4 aliphatic rings. The van der Waals surface area contributed by atoms with E-state index in [0.29, 0.717) is 52.8 Å². The van der Waals surface area contributed by atoms with Gasteiger partial charge in [-0.3, -0.25) is 4.57 Å². The molecule has 3 aromatic heterocycles. The van der Waals surface area contributed by atoms with Crippen molar-refractivity contribution in [1.29, 1.82) is 0 Å². The summed E-state index contributed by atoms with van der Waals surface area (Å²) in [5, 5.41) is -0.126. The van der Waals surface area contributed by atoms with E-state index in [9.17, 15) is 24.7 Å². The molecule has 0 fully saturated rings. The zero-order valence-corrected chi connectivity index (χ0v) is 23.0. The smallest absolute Gasteiger partial charge is 0.153 e. The fourth-order valence-electron chi connectivity index (χ4n) is 6.50. The van der Waals surface area contributed by atoms with Gasteiger partial charge in [0.25, 0.3) is 0 Å². The van der Waals surface area contributed by atoms with Crippen LogP contribution in [0.15, 0.2) is 102 Å². The molecule has 3 heteroatoms. The van der Waals surface area contributed by atoms with Crippen molar-refractivity contribution >= 4 is 43.7 Å². The van der Waals surface area contributed by atoms with E-state index in [-0.39, 0.29) is 22.3 Å². The van der Waals surface area contributed by atoms with Gasteiger partial charge in [-0.05, 0) is 56.7 Å². The minimum absolute atomic E-state index is 0.123. The van der Waals surface area contributed by atoms with Crippen LogP contribution in [0.25, 0.3) is 49.6 Å². The first kappa shape index (κ1) is 11.9. The summed E-state index contributed by atoms with van der Waals surface area (Å²) in [5.41, 5.74) is -21.1. The van der Waals surface area contributed by atoms with Gasteiger partial charge in [-0.2, -0.15) is 0 Å². The van der Waals surface area contributed by atoms with Crippen LogP contribution in [0, 0.1) is 0 Å². The Labute approximate surface area is 293 Å². The van der Waals surface area contributed by atoms with Crippen molar-refractivity contribution in [3.63, 3.8) is 0 Å². The lowest BCUT2D eigenvalue weighted by atomic mass is 9.57. The highest BCUT2D eigenvalue weighted by atomic mass is 16.3. The Bertz CT molecular complexity index is 3070. The average molecular weight is 601 g/mol. The van der Waals surface area contributed by atoms with Crippen molar-refractivity contribution in [1.82, 2.24) is 9.55 Å². The Balaban J connectivity index is 1.87. The van der Waals surface area contributed by atoms with Gasteiger partial charge in [0.1, 0.15) is 11.4 Å². The Morgan fingerprint density at radius 3 is 1.86 bits per heavy atom. The quantitative estimate of drug-likeness (QED) is 0.188. The number of pyridine rings is 1. The normalized spacial score (nSPS) is 28.6. The largest absolute Gasteiger partial charge is 0.454 e. The number of aromatic nitrogens is 2. The lowest BCUT2D eigenvalue weighted by molar-refractivity contribution is 0.295. The second kappa shape index (κ2) is 8.63. The highest BCUT2D eigenvalue weighted by Crippen LogP contribution is 2.53. The SMILES string of the molecule is [2H]C([2H])([2H])C1(C([2H])([2H])[2H])c2ccc(cc2)C(C([2H])([2H])[2H])(C([2H])([2H])[2H])C(C([2H])([2H])[2H])(C([2H])([2H])[2H])c2ccc(c3c4ccccc4n(-c4cc5c(cn4)oc4ccccc45)c23)C1(C([2H])([2H])[2H])C([2H])([2H])[2H]. The first-order valence-electron chi connectivity index (χ1n) is 25.8. The maximum atomic E-state index is 9.38. The number of rotatable bonds is 1. The molecule has 4 aromatic carbocycles. The number of nitrogens with zero attached hydrogens (tertiary/aromatic N) is 2. The molecule has 0 saturated heterocycles. The topological polar surface area (TPSA) is 31.0 Å². The minimum Gasteiger partial charge on any atom is -0.454 e. The predicted molar refractivity (Wildman–Crippen MR) is 184 cm³/mol. The summed E-state index contributed by atoms with van der Waals surface area (Å²) in [6.07, 6.45) is 1.24. The van der Waals surface area contributed by atoms with Gasteiger partial charge in [0.15, 0.2) is 5.58 Å². The molecule has 4 aliphatic carbocycles. The molecule has 220 valence electrons. The molecule has 0 N–H and O–H groups in total. The summed E-state index contributed by atoms with van der Waals surface area (Å²) < 4.78 is 230. The maximum Gasteiger partial charge on any atom is 0.153 e. The molecule has 0 spiro atoms. The molecular weight excluding hydrogens is 536 g/mol. The van der Waals surface area contributed by atoms with Crippen LogP contribution in [-0.2, 0) is 21.7 Å². The zero-order valence-electron chi connectivity index (χ0n) is 47.0. The fourth-order valence-corrected chi connectivity index (χ4v) is 6.50. The number of para-hydroxylation sites is 2. The van der Waals surface area contributed by atoms with Crippen molar-refractivity contribution < 1.29 is 37.3 Å². The van der Waals surface area contributed by atoms with E-state index < -0.39 is 110 Å². The van der Waals surface area contributed by atoms with E-state index in [2.05, 4.69) is 4.98 Å². The molecule has 0 aliphatic heterocycles. The van der Waals surface area contributed by atoms with E-state index in [0.717, 1.165) is 4.57 Å². The van der Waals surface area contributed by atoms with Crippen LogP contribution in [0.4, 0.5) is 0 Å². The van der Waals surface area contributed by atoms with Crippen LogP contribution >= 0.6 is 0 Å². The van der Waals surface area contributed by atoms with Gasteiger partial charge in [0, 0.05) is 59.9 Å². The van der Waals surface area contributed by atoms with Crippen molar-refractivity contribution in [3.8, 4) is 5.82 Å². The van der Waals surface area contributed by atoms with Crippen molar-refractivity contribution in [3.05, 3.63) is 119 Å². The van der Waals surface area contributed by atoms with E-state index >= 15 is 0 Å². The Morgan fingerprint density at radius 2 is 1.18 bits per heavy atom. The molecule has 7 aromatic rings. The molecular formula is C41H40N2O. The van der Waals surface area contributed by atoms with Crippen molar-refractivity contribution in [2.45, 2.75) is 76.5 Å². The summed E-state index contributed by atoms with van der Waals surface area (Å²) in [5.74, 6) is -0.242. The Morgan fingerprint density at radius 1 is 0.591 bits per heavy atom. The van der Waals surface area contributed by atoms with Gasteiger partial charge in [-0.25, -0.2) is 4.98 Å². The third kappa shape index (κ3) is 3.30. The summed E-state index contributed by atoms with van der Waals surface area (Å²) in [6.45, 7) is -33.6.